The van der Waals surface area contributed by atoms with Gasteiger partial charge >= 0.3 is 0 Å². The zero-order chi connectivity index (χ0) is 40.5. The molecule has 0 radical (unpaired) electrons. The lowest BCUT2D eigenvalue weighted by atomic mass is 9.97. The molecule has 2 saturated heterocycles. The van der Waals surface area contributed by atoms with E-state index < -0.39 is 28.3 Å². The van der Waals surface area contributed by atoms with Crippen molar-refractivity contribution in [3.8, 4) is 11.1 Å². The second-order valence-corrected chi connectivity index (χ2v) is 17.0. The van der Waals surface area contributed by atoms with Gasteiger partial charge in [-0.05, 0) is 78.2 Å². The Labute approximate surface area is 342 Å². The van der Waals surface area contributed by atoms with Crippen LogP contribution in [0.2, 0.25) is 0 Å². The molecule has 5 aromatic carbocycles. The number of aryl methyl sites for hydroxylation is 1. The van der Waals surface area contributed by atoms with E-state index in [9.17, 15) is 18.3 Å². The summed E-state index contributed by atoms with van der Waals surface area (Å²) in [5.41, 5.74) is 7.36. The second kappa shape index (κ2) is 19.4. The lowest BCUT2D eigenvalue weighted by Gasteiger charge is -2.38. The van der Waals surface area contributed by atoms with Crippen LogP contribution in [0.3, 0.4) is 0 Å². The summed E-state index contributed by atoms with van der Waals surface area (Å²) in [7, 11) is -2.22. The number of methoxy groups -OCH3 is 1. The zero-order valence-electron chi connectivity index (χ0n) is 33.1. The van der Waals surface area contributed by atoms with Crippen LogP contribution >= 0.6 is 0 Å². The molecule has 7 rings (SSSR count). The number of amides is 1. The molecule has 2 fully saturated rings. The molecule has 0 spiro atoms. The first kappa shape index (κ1) is 41.4. The number of hydrogen-bond donors (Lipinski definition) is 3. The van der Waals surface area contributed by atoms with Gasteiger partial charge in [0.15, 0.2) is 6.29 Å². The fourth-order valence-corrected chi connectivity index (χ4v) is 9.10. The number of carbonyl (C=O) groups is 1. The van der Waals surface area contributed by atoms with E-state index in [0.717, 1.165) is 70.4 Å². The first-order valence-corrected chi connectivity index (χ1v) is 21.5. The molecule has 0 aliphatic carbocycles. The van der Waals surface area contributed by atoms with Crippen molar-refractivity contribution in [1.82, 2.24) is 14.9 Å². The largest absolute Gasteiger partial charge is 0.392 e. The van der Waals surface area contributed by atoms with Crippen molar-refractivity contribution < 1.29 is 32.5 Å². The number of sulfonamides is 1. The molecule has 5 atom stereocenters. The molecule has 3 N–H and O–H groups in total. The van der Waals surface area contributed by atoms with Crippen LogP contribution in [-0.4, -0.2) is 69.3 Å². The lowest BCUT2D eigenvalue weighted by molar-refractivity contribution is -0.253. The molecule has 5 unspecified atom stereocenters. The van der Waals surface area contributed by atoms with Gasteiger partial charge in [0, 0.05) is 38.2 Å². The first-order valence-electron chi connectivity index (χ1n) is 20.0. The Kier molecular flexibility index (Phi) is 13.8. The minimum absolute atomic E-state index is 0.0112. The summed E-state index contributed by atoms with van der Waals surface area (Å²) >= 11 is 0. The number of aliphatic hydroxyl groups is 1. The fourth-order valence-electron chi connectivity index (χ4n) is 7.90. The van der Waals surface area contributed by atoms with Crippen molar-refractivity contribution in [3.63, 3.8) is 0 Å². The Morgan fingerprint density at radius 1 is 0.862 bits per heavy atom. The highest BCUT2D eigenvalue weighted by atomic mass is 32.2. The Hall–Kier alpha value is -4.72. The Balaban J connectivity index is 1.07. The number of likely N-dealkylation sites (tertiary alicyclic amines) is 1. The monoisotopic (exact) mass is 803 g/mol. The molecule has 1 amide bonds. The van der Waals surface area contributed by atoms with E-state index in [4.69, 9.17) is 14.2 Å². The van der Waals surface area contributed by atoms with Gasteiger partial charge < -0.3 is 24.6 Å². The summed E-state index contributed by atoms with van der Waals surface area (Å²) in [4.78, 5) is 16.4. The SMILES string of the molecule is COCC1CCCN1CC1CC(c2ccc(CO)cc2)OC(c2ccc(-c3ccccc3CNC(=O)C(Cc3ccccc3)NS(=O)(=O)c3ccc(C)cc3)cc2)O1. The number of ether oxygens (including phenoxy) is 3. The number of nitrogens with one attached hydrogen (secondary N) is 2. The number of aliphatic hydroxyl groups excluding tert-OH is 1. The van der Waals surface area contributed by atoms with Crippen LogP contribution in [0.5, 0.6) is 0 Å². The first-order chi connectivity index (χ1) is 28.2. The van der Waals surface area contributed by atoms with Gasteiger partial charge in [-0.3, -0.25) is 9.69 Å². The van der Waals surface area contributed by atoms with Gasteiger partial charge in [0.25, 0.3) is 0 Å². The summed E-state index contributed by atoms with van der Waals surface area (Å²) < 4.78 is 48.4. The van der Waals surface area contributed by atoms with Crippen molar-refractivity contribution in [2.24, 2.45) is 0 Å². The van der Waals surface area contributed by atoms with Crippen LogP contribution in [0.15, 0.2) is 132 Å². The van der Waals surface area contributed by atoms with E-state index in [2.05, 4.69) is 14.9 Å². The lowest BCUT2D eigenvalue weighted by Crippen LogP contribution is -2.47. The molecule has 58 heavy (non-hydrogen) atoms. The normalized spacial score (nSPS) is 20.5. The van der Waals surface area contributed by atoms with Gasteiger partial charge in [-0.25, -0.2) is 8.42 Å². The van der Waals surface area contributed by atoms with Crippen LogP contribution in [0, 0.1) is 6.92 Å². The molecule has 0 bridgehead atoms. The van der Waals surface area contributed by atoms with E-state index in [-0.39, 0.29) is 36.7 Å². The number of nitrogens with zero attached hydrogens (tertiary/aromatic N) is 1. The van der Waals surface area contributed by atoms with Gasteiger partial charge in [-0.2, -0.15) is 4.72 Å². The predicted octanol–water partition coefficient (Wildman–Crippen LogP) is 7.02. The highest BCUT2D eigenvalue weighted by molar-refractivity contribution is 7.89. The molecule has 0 saturated carbocycles. The van der Waals surface area contributed by atoms with E-state index in [0.29, 0.717) is 19.1 Å². The second-order valence-electron chi connectivity index (χ2n) is 15.3. The molecular formula is C47H53N3O7S. The summed E-state index contributed by atoms with van der Waals surface area (Å²) in [6.45, 7) is 4.58. The quantitative estimate of drug-likeness (QED) is 0.0973. The van der Waals surface area contributed by atoms with Gasteiger partial charge in [0.2, 0.25) is 15.9 Å². The highest BCUT2D eigenvalue weighted by Gasteiger charge is 2.35. The van der Waals surface area contributed by atoms with Crippen LogP contribution in [0.1, 0.15) is 65.0 Å². The van der Waals surface area contributed by atoms with Crippen molar-refractivity contribution >= 4 is 15.9 Å². The molecule has 304 valence electrons. The Morgan fingerprint density at radius 3 is 2.29 bits per heavy atom. The van der Waals surface area contributed by atoms with Crippen molar-refractivity contribution in [2.75, 3.05) is 26.8 Å². The molecule has 2 aliphatic heterocycles. The molecule has 2 aliphatic rings. The number of carbonyl (C=O) groups excluding carboxylic acids is 1. The number of benzene rings is 5. The van der Waals surface area contributed by atoms with Gasteiger partial charge in [0.1, 0.15) is 6.04 Å². The van der Waals surface area contributed by atoms with Crippen LogP contribution in [0.4, 0.5) is 0 Å². The van der Waals surface area contributed by atoms with Crippen LogP contribution < -0.4 is 10.0 Å². The molecule has 0 aromatic heterocycles. The smallest absolute Gasteiger partial charge is 0.241 e. The van der Waals surface area contributed by atoms with E-state index >= 15 is 0 Å². The standard InChI is InChI=1S/C47H53N3O7S/c1-33-14-24-42(25-15-33)58(53,54)49-44(27-34-9-4-3-5-10-34)46(52)48-29-39-11-6-7-13-43(39)36-20-22-38(23-21-36)47-56-41(30-50-26-8-12-40(50)32-55-2)28-45(57-47)37-18-16-35(31-51)17-19-37/h3-7,9-11,13-25,40-41,44-45,47,49,51H,8,12,26-32H2,1-2H3,(H,48,52). The molecule has 5 aromatic rings. The third-order valence-corrected chi connectivity index (χ3v) is 12.6. The van der Waals surface area contributed by atoms with Gasteiger partial charge in [-0.1, -0.05) is 121 Å². The maximum atomic E-state index is 13.8. The van der Waals surface area contributed by atoms with E-state index in [1.165, 1.54) is 0 Å². The molecular weight excluding hydrogens is 751 g/mol. The number of rotatable bonds is 16. The highest BCUT2D eigenvalue weighted by Crippen LogP contribution is 2.39. The summed E-state index contributed by atoms with van der Waals surface area (Å²) in [5, 5.41) is 12.6. The average molecular weight is 804 g/mol. The Morgan fingerprint density at radius 2 is 1.57 bits per heavy atom. The summed E-state index contributed by atoms with van der Waals surface area (Å²) in [6, 6.07) is 39.2. The topological polar surface area (TPSA) is 126 Å². The van der Waals surface area contributed by atoms with Gasteiger partial charge in [0.05, 0.1) is 30.3 Å². The summed E-state index contributed by atoms with van der Waals surface area (Å²) in [5.74, 6) is -0.422. The van der Waals surface area contributed by atoms with Crippen LogP contribution in [0.25, 0.3) is 11.1 Å². The van der Waals surface area contributed by atoms with Crippen LogP contribution in [-0.2, 0) is 48.6 Å². The maximum Gasteiger partial charge on any atom is 0.241 e. The number of hydrogen-bond acceptors (Lipinski definition) is 8. The van der Waals surface area contributed by atoms with E-state index in [1.807, 2.05) is 110 Å². The average Bonchev–Trinajstić information content (AvgIpc) is 3.69. The van der Waals surface area contributed by atoms with E-state index in [1.54, 1.807) is 31.4 Å². The molecule has 2 heterocycles. The third-order valence-electron chi connectivity index (χ3n) is 11.1. The van der Waals surface area contributed by atoms with Crippen molar-refractivity contribution in [1.29, 1.82) is 0 Å². The molecule has 10 nitrogen and oxygen atoms in total. The Bertz CT molecular complexity index is 2200. The van der Waals surface area contributed by atoms with Crippen molar-refractivity contribution in [3.05, 3.63) is 161 Å². The third kappa shape index (κ3) is 10.5. The molecule has 11 heteroatoms. The van der Waals surface area contributed by atoms with Crippen molar-refractivity contribution in [2.45, 2.75) is 81.2 Å². The minimum atomic E-state index is -3.97. The zero-order valence-corrected chi connectivity index (χ0v) is 33.9. The van der Waals surface area contributed by atoms with Gasteiger partial charge in [-0.15, -0.1) is 0 Å². The maximum absolute atomic E-state index is 13.8. The predicted molar refractivity (Wildman–Crippen MR) is 224 cm³/mol. The minimum Gasteiger partial charge on any atom is -0.392 e. The summed E-state index contributed by atoms with van der Waals surface area (Å²) in [6.07, 6.45) is 2.32. The fraction of sp³-hybridized carbons (Fsp3) is 0.340.